The minimum atomic E-state index is -1.39. The van der Waals surface area contributed by atoms with Crippen molar-refractivity contribution in [3.8, 4) is 0 Å². The van der Waals surface area contributed by atoms with Crippen LogP contribution in [0.4, 0.5) is 0 Å². The van der Waals surface area contributed by atoms with Gasteiger partial charge in [0.15, 0.2) is 6.29 Å². The quantitative estimate of drug-likeness (QED) is 0.355. The fraction of sp³-hybridized carbons (Fsp3) is 1.00. The van der Waals surface area contributed by atoms with Gasteiger partial charge in [0.2, 0.25) is 0 Å². The Morgan fingerprint density at radius 3 is 2.33 bits per heavy atom. The monoisotopic (exact) mass is 240 g/mol. The van der Waals surface area contributed by atoms with E-state index >= 15 is 0 Å². The minimum absolute atomic E-state index is 0.242. The van der Waals surface area contributed by atoms with Gasteiger partial charge >= 0.3 is 0 Å². The Morgan fingerprint density at radius 1 is 1.13 bits per heavy atom. The maximum Gasteiger partial charge on any atom is 0.186 e. The average molecular weight is 240 g/mol. The van der Waals surface area contributed by atoms with E-state index < -0.39 is 37.3 Å². The zero-order valence-electron chi connectivity index (χ0n) is 8.06. The second kappa shape index (κ2) is 6.00. The molecular formula is C8H16O6S. The zero-order chi connectivity index (χ0) is 11.4. The third-order valence-corrected chi connectivity index (χ3v) is 2.40. The van der Waals surface area contributed by atoms with Crippen molar-refractivity contribution in [1.82, 2.24) is 0 Å². The minimum Gasteiger partial charge on any atom is -0.394 e. The van der Waals surface area contributed by atoms with Crippen LogP contribution in [0.3, 0.4) is 0 Å². The van der Waals surface area contributed by atoms with Gasteiger partial charge in [-0.1, -0.05) is 0 Å². The second-order valence-corrected chi connectivity index (χ2v) is 3.74. The Morgan fingerprint density at radius 2 is 1.80 bits per heavy atom. The van der Waals surface area contributed by atoms with Crippen molar-refractivity contribution in [2.45, 2.75) is 30.7 Å². The topological polar surface area (TPSA) is 99.4 Å². The first-order valence-electron chi connectivity index (χ1n) is 4.64. The van der Waals surface area contributed by atoms with Crippen LogP contribution >= 0.6 is 12.6 Å². The van der Waals surface area contributed by atoms with Crippen LogP contribution in [0.15, 0.2) is 0 Å². The Kier molecular flexibility index (Phi) is 5.27. The molecule has 1 heterocycles. The molecule has 5 atom stereocenters. The maximum atomic E-state index is 9.48. The molecule has 0 radical (unpaired) electrons. The van der Waals surface area contributed by atoms with Crippen LogP contribution < -0.4 is 0 Å². The van der Waals surface area contributed by atoms with Crippen molar-refractivity contribution in [2.24, 2.45) is 0 Å². The third kappa shape index (κ3) is 3.04. The number of hydrogen-bond donors (Lipinski definition) is 5. The van der Waals surface area contributed by atoms with Gasteiger partial charge in [0, 0.05) is 5.75 Å². The standard InChI is InChI=1S/C8H16O6S/c9-3-4-5(10)6(11)7(12)8(14-4)13-1-2-15/h4-12,15H,1-3H2/t4?,5-,6+,7?,8+/m1/s1. The molecule has 4 N–H and O–H groups in total. The molecule has 90 valence electrons. The van der Waals surface area contributed by atoms with E-state index in [2.05, 4.69) is 12.6 Å². The molecule has 2 unspecified atom stereocenters. The Labute approximate surface area is 92.8 Å². The summed E-state index contributed by atoms with van der Waals surface area (Å²) in [4.78, 5) is 0. The number of aliphatic hydroxyl groups excluding tert-OH is 4. The number of ether oxygens (including phenoxy) is 2. The molecule has 1 aliphatic heterocycles. The van der Waals surface area contributed by atoms with Crippen LogP contribution in [0.1, 0.15) is 0 Å². The average Bonchev–Trinajstić information content (AvgIpc) is 2.25. The van der Waals surface area contributed by atoms with Crippen LogP contribution in [-0.2, 0) is 9.47 Å². The Hall–Kier alpha value is 0.110. The van der Waals surface area contributed by atoms with E-state index in [0.29, 0.717) is 5.75 Å². The summed E-state index contributed by atoms with van der Waals surface area (Å²) < 4.78 is 10.1. The molecular weight excluding hydrogens is 224 g/mol. The largest absolute Gasteiger partial charge is 0.394 e. The van der Waals surface area contributed by atoms with E-state index in [1.165, 1.54) is 0 Å². The molecule has 0 amide bonds. The van der Waals surface area contributed by atoms with E-state index in [1.807, 2.05) is 0 Å². The highest BCUT2D eigenvalue weighted by molar-refractivity contribution is 7.80. The van der Waals surface area contributed by atoms with Crippen molar-refractivity contribution >= 4 is 12.6 Å². The Balaban J connectivity index is 2.57. The van der Waals surface area contributed by atoms with E-state index in [9.17, 15) is 15.3 Å². The molecule has 1 aliphatic rings. The van der Waals surface area contributed by atoms with Crippen molar-refractivity contribution < 1.29 is 29.9 Å². The van der Waals surface area contributed by atoms with Crippen molar-refractivity contribution in [3.05, 3.63) is 0 Å². The first kappa shape index (κ1) is 13.2. The van der Waals surface area contributed by atoms with Crippen molar-refractivity contribution in [1.29, 1.82) is 0 Å². The van der Waals surface area contributed by atoms with Gasteiger partial charge in [-0.05, 0) is 0 Å². The second-order valence-electron chi connectivity index (χ2n) is 3.29. The fourth-order valence-corrected chi connectivity index (χ4v) is 1.48. The van der Waals surface area contributed by atoms with Crippen LogP contribution in [0.2, 0.25) is 0 Å². The smallest absolute Gasteiger partial charge is 0.186 e. The summed E-state index contributed by atoms with van der Waals surface area (Å²) in [6.45, 7) is -0.211. The van der Waals surface area contributed by atoms with E-state index in [4.69, 9.17) is 14.6 Å². The number of rotatable bonds is 4. The molecule has 0 aliphatic carbocycles. The predicted molar refractivity (Wildman–Crippen MR) is 53.6 cm³/mol. The zero-order valence-corrected chi connectivity index (χ0v) is 8.96. The van der Waals surface area contributed by atoms with E-state index in [0.717, 1.165) is 0 Å². The highest BCUT2D eigenvalue weighted by atomic mass is 32.1. The normalized spacial score (nSPS) is 41.8. The number of aliphatic hydroxyl groups is 4. The molecule has 1 saturated heterocycles. The summed E-state index contributed by atoms with van der Waals surface area (Å²) in [6.07, 6.45) is -6.04. The van der Waals surface area contributed by atoms with Gasteiger partial charge in [-0.25, -0.2) is 0 Å². The first-order chi connectivity index (χ1) is 7.11. The lowest BCUT2D eigenvalue weighted by Gasteiger charge is -2.39. The molecule has 0 saturated carbocycles. The molecule has 1 fully saturated rings. The summed E-state index contributed by atoms with van der Waals surface area (Å²) in [7, 11) is 0. The lowest BCUT2D eigenvalue weighted by atomic mass is 9.99. The Bertz CT molecular complexity index is 190. The lowest BCUT2D eigenvalue weighted by molar-refractivity contribution is -0.299. The summed E-state index contributed by atoms with van der Waals surface area (Å²) in [5.74, 6) is 0.440. The SMILES string of the molecule is OCC1O[C@H](OCCS)C(O)[C@@H](O)[C@@H]1O. The van der Waals surface area contributed by atoms with E-state index in [1.54, 1.807) is 0 Å². The predicted octanol–water partition coefficient (Wildman–Crippen LogP) is -2.27. The highest BCUT2D eigenvalue weighted by Gasteiger charge is 2.43. The summed E-state index contributed by atoms with van der Waals surface area (Å²) in [6, 6.07) is 0. The molecule has 7 heteroatoms. The van der Waals surface area contributed by atoms with Crippen molar-refractivity contribution in [3.63, 3.8) is 0 Å². The molecule has 0 aromatic carbocycles. The van der Waals surface area contributed by atoms with Gasteiger partial charge in [0.25, 0.3) is 0 Å². The van der Waals surface area contributed by atoms with Gasteiger partial charge in [0.05, 0.1) is 13.2 Å². The molecule has 0 aromatic heterocycles. The summed E-state index contributed by atoms with van der Waals surface area (Å²) in [5, 5.41) is 37.2. The number of thiol groups is 1. The molecule has 6 nitrogen and oxygen atoms in total. The van der Waals surface area contributed by atoms with Gasteiger partial charge in [-0.3, -0.25) is 0 Å². The van der Waals surface area contributed by atoms with Crippen LogP contribution in [0.25, 0.3) is 0 Å². The van der Waals surface area contributed by atoms with Gasteiger partial charge in [-0.15, -0.1) is 0 Å². The maximum absolute atomic E-state index is 9.48. The molecule has 15 heavy (non-hydrogen) atoms. The van der Waals surface area contributed by atoms with Gasteiger partial charge < -0.3 is 29.9 Å². The highest BCUT2D eigenvalue weighted by Crippen LogP contribution is 2.21. The van der Waals surface area contributed by atoms with E-state index in [-0.39, 0.29) is 6.61 Å². The first-order valence-corrected chi connectivity index (χ1v) is 5.28. The molecule has 0 aromatic rings. The van der Waals surface area contributed by atoms with Crippen LogP contribution in [0.5, 0.6) is 0 Å². The fourth-order valence-electron chi connectivity index (χ4n) is 1.37. The number of hydrogen-bond acceptors (Lipinski definition) is 7. The summed E-state index contributed by atoms with van der Waals surface area (Å²) >= 11 is 3.91. The van der Waals surface area contributed by atoms with Gasteiger partial charge in [0.1, 0.15) is 24.4 Å². The molecule has 1 rings (SSSR count). The van der Waals surface area contributed by atoms with Crippen LogP contribution in [-0.4, -0.2) is 70.1 Å². The summed E-state index contributed by atoms with van der Waals surface area (Å²) in [5.41, 5.74) is 0. The van der Waals surface area contributed by atoms with Gasteiger partial charge in [-0.2, -0.15) is 12.6 Å². The van der Waals surface area contributed by atoms with Crippen LogP contribution in [0, 0.1) is 0 Å². The lowest BCUT2D eigenvalue weighted by Crippen LogP contribution is -2.59. The van der Waals surface area contributed by atoms with Crippen molar-refractivity contribution in [2.75, 3.05) is 19.0 Å². The third-order valence-electron chi connectivity index (χ3n) is 2.22. The molecule has 0 spiro atoms. The molecule has 0 bridgehead atoms.